The first-order valence-corrected chi connectivity index (χ1v) is 9.10. The van der Waals surface area contributed by atoms with E-state index in [1.807, 2.05) is 30.3 Å². The fraction of sp³-hybridized carbons (Fsp3) is 0.222. The number of hydrogen-bond acceptors (Lipinski definition) is 4. The lowest BCUT2D eigenvalue weighted by Gasteiger charge is -2.06. The van der Waals surface area contributed by atoms with Crippen LogP contribution in [0.5, 0.6) is 0 Å². The van der Waals surface area contributed by atoms with Crippen molar-refractivity contribution < 1.29 is 14.0 Å². The summed E-state index contributed by atoms with van der Waals surface area (Å²) in [5, 5.41) is 9.34. The van der Waals surface area contributed by atoms with Gasteiger partial charge < -0.3 is 5.32 Å². The van der Waals surface area contributed by atoms with E-state index in [1.165, 1.54) is 18.4 Å². The molecule has 1 aliphatic carbocycles. The molecule has 0 aliphatic heterocycles. The lowest BCUT2D eigenvalue weighted by Crippen LogP contribution is -2.35. The van der Waals surface area contributed by atoms with E-state index >= 15 is 0 Å². The number of pyridine rings is 1. The molecule has 26 heavy (non-hydrogen) atoms. The van der Waals surface area contributed by atoms with Gasteiger partial charge in [-0.15, -0.1) is 0 Å². The van der Waals surface area contributed by atoms with Crippen molar-refractivity contribution in [3.63, 3.8) is 0 Å². The number of aromatic nitrogens is 3. The minimum atomic E-state index is -0.372. The molecular weight excluding hydrogens is 398 g/mol. The van der Waals surface area contributed by atoms with Crippen LogP contribution < -0.4 is 15.3 Å². The zero-order valence-electron chi connectivity index (χ0n) is 13.9. The molecule has 1 fully saturated rings. The van der Waals surface area contributed by atoms with Crippen molar-refractivity contribution in [1.82, 2.24) is 10.3 Å². The number of amides is 2. The molecule has 2 heterocycles. The fourth-order valence-corrected chi connectivity index (χ4v) is 2.87. The van der Waals surface area contributed by atoms with Gasteiger partial charge in [-0.25, -0.2) is 4.79 Å². The summed E-state index contributed by atoms with van der Waals surface area (Å²) in [4.78, 5) is 16.4. The molecule has 4 rings (SSSR count). The normalized spacial score (nSPS) is 13.4. The van der Waals surface area contributed by atoms with E-state index in [1.54, 1.807) is 17.1 Å². The summed E-state index contributed by atoms with van der Waals surface area (Å²) in [7, 11) is 0. The average molecular weight is 415 g/mol. The number of halogens is 1. The zero-order valence-corrected chi connectivity index (χ0v) is 15.4. The van der Waals surface area contributed by atoms with E-state index < -0.39 is 0 Å². The number of nitrogens with one attached hydrogen (secondary N) is 2. The summed E-state index contributed by atoms with van der Waals surface area (Å²) in [6, 6.07) is 11.3. The van der Waals surface area contributed by atoms with E-state index in [-0.39, 0.29) is 11.9 Å². The molecule has 1 saturated carbocycles. The number of nitrogens with zero attached hydrogens (tertiary/aromatic N) is 3. The lowest BCUT2D eigenvalue weighted by atomic mass is 10.1. The predicted octanol–water partition coefficient (Wildman–Crippen LogP) is 3.69. The van der Waals surface area contributed by atoms with Gasteiger partial charge in [0.2, 0.25) is 11.8 Å². The molecule has 2 amide bonds. The smallest absolute Gasteiger partial charge is 0.308 e. The van der Waals surface area contributed by atoms with Crippen LogP contribution in [0.25, 0.3) is 0 Å². The number of carbonyl (C=O) groups excluding carboxylic acids is 1. The Hall–Kier alpha value is -2.74. The number of urea groups is 1. The standard InChI is InChI=1S/C18H16BrN5O2/c19-14-6-7-16(20-9-14)10-24-11-17(26-23-24)22-18(25)21-15-3-1-2-13(8-15)12-4-5-12/h1-3,6-9,11-12H,4-5,10H2,(H-,21,22,23,25)/p+1. The highest BCUT2D eigenvalue weighted by Gasteiger charge is 2.23. The third-order valence-corrected chi connectivity index (χ3v) is 4.52. The van der Waals surface area contributed by atoms with Gasteiger partial charge in [-0.3, -0.25) is 14.8 Å². The molecule has 0 bridgehead atoms. The molecule has 2 N–H and O–H groups in total. The van der Waals surface area contributed by atoms with Crippen LogP contribution in [-0.2, 0) is 6.54 Å². The van der Waals surface area contributed by atoms with Gasteiger partial charge in [0.1, 0.15) is 5.69 Å². The van der Waals surface area contributed by atoms with Gasteiger partial charge in [0, 0.05) is 16.4 Å². The maximum absolute atomic E-state index is 12.1. The Morgan fingerprint density at radius 2 is 2.15 bits per heavy atom. The minimum Gasteiger partial charge on any atom is -0.308 e. The average Bonchev–Trinajstić information content (AvgIpc) is 3.39. The summed E-state index contributed by atoms with van der Waals surface area (Å²) < 4.78 is 7.63. The van der Waals surface area contributed by atoms with Crippen LogP contribution in [0, 0.1) is 0 Å². The molecule has 8 heteroatoms. The molecule has 0 saturated heterocycles. The maximum Gasteiger partial charge on any atom is 0.326 e. The van der Waals surface area contributed by atoms with E-state index in [2.05, 4.69) is 42.9 Å². The van der Waals surface area contributed by atoms with Crippen molar-refractivity contribution >= 4 is 33.5 Å². The number of carbonyl (C=O) groups is 1. The van der Waals surface area contributed by atoms with Crippen molar-refractivity contribution in [2.45, 2.75) is 25.3 Å². The number of anilines is 2. The van der Waals surface area contributed by atoms with Gasteiger partial charge in [-0.1, -0.05) is 12.1 Å². The van der Waals surface area contributed by atoms with Crippen LogP contribution in [-0.4, -0.2) is 16.3 Å². The van der Waals surface area contributed by atoms with Crippen molar-refractivity contribution in [2.75, 3.05) is 10.6 Å². The van der Waals surface area contributed by atoms with Crippen molar-refractivity contribution in [2.24, 2.45) is 0 Å². The monoisotopic (exact) mass is 414 g/mol. The van der Waals surface area contributed by atoms with Crippen LogP contribution in [0.2, 0.25) is 0 Å². The number of hydrogen-bond donors (Lipinski definition) is 2. The minimum absolute atomic E-state index is 0.262. The van der Waals surface area contributed by atoms with E-state index in [0.717, 1.165) is 15.9 Å². The Labute approximate surface area is 158 Å². The summed E-state index contributed by atoms with van der Waals surface area (Å²) in [5.74, 6) is 0.901. The maximum atomic E-state index is 12.1. The Morgan fingerprint density at radius 1 is 1.27 bits per heavy atom. The summed E-state index contributed by atoms with van der Waals surface area (Å²) in [5.41, 5.74) is 2.86. The van der Waals surface area contributed by atoms with Crippen LogP contribution in [0.3, 0.4) is 0 Å². The Bertz CT molecular complexity index is 921. The van der Waals surface area contributed by atoms with E-state index in [0.29, 0.717) is 12.5 Å². The Kier molecular flexibility index (Phi) is 4.66. The summed E-state index contributed by atoms with van der Waals surface area (Å²) in [6.45, 7) is 0.448. The highest BCUT2D eigenvalue weighted by Crippen LogP contribution is 2.40. The van der Waals surface area contributed by atoms with E-state index in [4.69, 9.17) is 4.52 Å². The third kappa shape index (κ3) is 4.26. The molecular formula is C18H17BrN5O2+. The molecule has 132 valence electrons. The second kappa shape index (κ2) is 7.25. The molecule has 1 aromatic carbocycles. The van der Waals surface area contributed by atoms with Gasteiger partial charge in [0.25, 0.3) is 6.20 Å². The highest BCUT2D eigenvalue weighted by atomic mass is 79.9. The second-order valence-electron chi connectivity index (χ2n) is 6.21. The molecule has 7 nitrogen and oxygen atoms in total. The SMILES string of the molecule is O=C(Nc1cccc(C2CC2)c1)Nc1c[n+](Cc2ccc(Br)cn2)no1. The van der Waals surface area contributed by atoms with Gasteiger partial charge in [0.15, 0.2) is 0 Å². The quantitative estimate of drug-likeness (QED) is 0.623. The largest absolute Gasteiger partial charge is 0.326 e. The fourth-order valence-electron chi connectivity index (χ4n) is 2.64. The van der Waals surface area contributed by atoms with Crippen LogP contribution in [0.4, 0.5) is 16.4 Å². The van der Waals surface area contributed by atoms with Crippen molar-refractivity contribution in [1.29, 1.82) is 0 Å². The second-order valence-corrected chi connectivity index (χ2v) is 7.13. The Morgan fingerprint density at radius 3 is 2.92 bits per heavy atom. The highest BCUT2D eigenvalue weighted by molar-refractivity contribution is 9.10. The van der Waals surface area contributed by atoms with Gasteiger partial charge in [0.05, 0.1) is 0 Å². The van der Waals surface area contributed by atoms with Crippen LogP contribution >= 0.6 is 15.9 Å². The first-order chi connectivity index (χ1) is 12.7. The summed E-state index contributed by atoms with van der Waals surface area (Å²) in [6.07, 6.45) is 5.78. The number of benzene rings is 1. The Balaban J connectivity index is 1.35. The molecule has 0 spiro atoms. The molecule has 3 aromatic rings. The zero-order chi connectivity index (χ0) is 17.9. The van der Waals surface area contributed by atoms with Crippen LogP contribution in [0.1, 0.15) is 30.0 Å². The van der Waals surface area contributed by atoms with Gasteiger partial charge >= 0.3 is 11.9 Å². The molecule has 0 unspecified atom stereocenters. The molecule has 1 aliphatic rings. The topological polar surface area (TPSA) is 83.9 Å². The molecule has 0 radical (unpaired) electrons. The predicted molar refractivity (Wildman–Crippen MR) is 98.8 cm³/mol. The molecule has 2 aromatic heterocycles. The first kappa shape index (κ1) is 16.7. The number of rotatable bonds is 5. The van der Waals surface area contributed by atoms with Crippen LogP contribution in [0.15, 0.2) is 57.8 Å². The lowest BCUT2D eigenvalue weighted by molar-refractivity contribution is -0.755. The van der Waals surface area contributed by atoms with Gasteiger partial charge in [-0.05, 0) is 69.2 Å². The van der Waals surface area contributed by atoms with E-state index in [9.17, 15) is 4.79 Å². The summed E-state index contributed by atoms with van der Waals surface area (Å²) >= 11 is 3.35. The first-order valence-electron chi connectivity index (χ1n) is 8.30. The third-order valence-electron chi connectivity index (χ3n) is 4.05. The molecule has 0 atom stereocenters. The van der Waals surface area contributed by atoms with Gasteiger partial charge in [-0.2, -0.15) is 0 Å². The van der Waals surface area contributed by atoms with Crippen molar-refractivity contribution in [3.8, 4) is 0 Å². The van der Waals surface area contributed by atoms with Crippen molar-refractivity contribution in [3.05, 3.63) is 64.5 Å².